The van der Waals surface area contributed by atoms with E-state index in [1.165, 1.54) is 6.92 Å². The van der Waals surface area contributed by atoms with Crippen LogP contribution in [0.1, 0.15) is 17.7 Å². The summed E-state index contributed by atoms with van der Waals surface area (Å²) >= 11 is 0. The first kappa shape index (κ1) is 12.5. The zero-order chi connectivity index (χ0) is 12.5. The fraction of sp³-hybridized carbons (Fsp3) is 0.375. The van der Waals surface area contributed by atoms with Gasteiger partial charge in [-0.25, -0.2) is 13.8 Å². The van der Waals surface area contributed by atoms with Crippen molar-refractivity contribution in [2.75, 3.05) is 5.73 Å². The van der Waals surface area contributed by atoms with Crippen molar-refractivity contribution in [3.63, 3.8) is 0 Å². The maximum absolute atomic E-state index is 12.4. The highest BCUT2D eigenvalue weighted by Gasteiger charge is 2.32. The molecule has 0 amide bonds. The first-order valence-electron chi connectivity index (χ1n) is 4.01. The van der Waals surface area contributed by atoms with E-state index in [2.05, 4.69) is 9.72 Å². The van der Waals surface area contributed by atoms with E-state index in [9.17, 15) is 22.0 Å². The fourth-order valence-electron chi connectivity index (χ4n) is 1.01. The third-order valence-electron chi connectivity index (χ3n) is 1.75. The molecule has 0 radical (unpaired) electrons. The number of anilines is 1. The third kappa shape index (κ3) is 2.94. The summed E-state index contributed by atoms with van der Waals surface area (Å²) in [4.78, 5) is 3.05. The van der Waals surface area contributed by atoms with E-state index in [1.807, 2.05) is 0 Å². The molecule has 0 aliphatic rings. The van der Waals surface area contributed by atoms with Crippen LogP contribution in [0.25, 0.3) is 0 Å². The summed E-state index contributed by atoms with van der Waals surface area (Å²) in [5.41, 5.74) is 4.14. The zero-order valence-electron chi connectivity index (χ0n) is 7.98. The highest BCUT2D eigenvalue weighted by Crippen LogP contribution is 2.30. The van der Waals surface area contributed by atoms with E-state index in [-0.39, 0.29) is 11.3 Å². The van der Waals surface area contributed by atoms with Gasteiger partial charge in [0.25, 0.3) is 6.43 Å². The van der Waals surface area contributed by atoms with E-state index in [1.54, 1.807) is 0 Å². The molecule has 1 aromatic rings. The van der Waals surface area contributed by atoms with E-state index < -0.39 is 24.4 Å². The lowest BCUT2D eigenvalue weighted by Crippen LogP contribution is -2.18. The second kappa shape index (κ2) is 4.11. The fourth-order valence-corrected chi connectivity index (χ4v) is 1.01. The van der Waals surface area contributed by atoms with Crippen LogP contribution in [0, 0.1) is 6.92 Å². The average Bonchev–Trinajstić information content (AvgIpc) is 2.07. The predicted octanol–water partition coefficient (Wildman–Crippen LogP) is 2.81. The van der Waals surface area contributed by atoms with Gasteiger partial charge in [-0.1, -0.05) is 0 Å². The average molecular weight is 242 g/mol. The summed E-state index contributed by atoms with van der Waals surface area (Å²) in [6.07, 6.45) is -8.01. The van der Waals surface area contributed by atoms with Crippen LogP contribution in [-0.4, -0.2) is 11.3 Å². The minimum atomic E-state index is -4.99. The van der Waals surface area contributed by atoms with Crippen molar-refractivity contribution in [2.45, 2.75) is 19.7 Å². The van der Waals surface area contributed by atoms with E-state index in [4.69, 9.17) is 5.73 Å². The molecular formula is C8H7F5N2O. The van der Waals surface area contributed by atoms with Gasteiger partial charge in [0, 0.05) is 11.8 Å². The van der Waals surface area contributed by atoms with Gasteiger partial charge < -0.3 is 10.5 Å². The van der Waals surface area contributed by atoms with E-state index in [0.29, 0.717) is 0 Å². The number of hydrogen-bond acceptors (Lipinski definition) is 3. The number of nitrogen functional groups attached to an aromatic ring is 1. The lowest BCUT2D eigenvalue weighted by molar-refractivity contribution is -0.276. The van der Waals surface area contributed by atoms with Crippen LogP contribution < -0.4 is 10.5 Å². The quantitative estimate of drug-likeness (QED) is 0.811. The van der Waals surface area contributed by atoms with Gasteiger partial charge >= 0.3 is 6.36 Å². The minimum absolute atomic E-state index is 0.0653. The molecule has 1 heterocycles. The molecule has 0 saturated carbocycles. The number of nitrogens with two attached hydrogens (primary N) is 1. The summed E-state index contributed by atoms with van der Waals surface area (Å²) in [7, 11) is 0. The van der Waals surface area contributed by atoms with Crippen LogP contribution in [0.4, 0.5) is 27.6 Å². The second-order valence-corrected chi connectivity index (χ2v) is 2.91. The van der Waals surface area contributed by atoms with Gasteiger partial charge in [0.1, 0.15) is 5.69 Å². The number of alkyl halides is 5. The lowest BCUT2D eigenvalue weighted by atomic mass is 10.2. The van der Waals surface area contributed by atoms with Crippen molar-refractivity contribution in [2.24, 2.45) is 0 Å². The van der Waals surface area contributed by atoms with Crippen molar-refractivity contribution in [1.82, 2.24) is 4.98 Å². The van der Waals surface area contributed by atoms with E-state index in [0.717, 1.165) is 6.07 Å². The molecule has 3 nitrogen and oxygen atoms in total. The largest absolute Gasteiger partial charge is 0.574 e. The van der Waals surface area contributed by atoms with Gasteiger partial charge in [-0.2, -0.15) is 0 Å². The lowest BCUT2D eigenvalue weighted by Gasteiger charge is -2.12. The molecule has 0 aromatic carbocycles. The van der Waals surface area contributed by atoms with Crippen LogP contribution >= 0.6 is 0 Å². The Morgan fingerprint density at radius 3 is 2.38 bits per heavy atom. The van der Waals surface area contributed by atoms with Crippen molar-refractivity contribution in [3.8, 4) is 5.88 Å². The van der Waals surface area contributed by atoms with Crippen LogP contribution in [0.2, 0.25) is 0 Å². The Morgan fingerprint density at radius 1 is 1.38 bits per heavy atom. The maximum Gasteiger partial charge on any atom is 0.574 e. The Hall–Kier alpha value is -1.60. The van der Waals surface area contributed by atoms with E-state index >= 15 is 0 Å². The summed E-state index contributed by atoms with van der Waals surface area (Å²) in [5, 5.41) is 0. The number of halogens is 5. The molecule has 0 saturated heterocycles. The molecule has 90 valence electrons. The standard InChI is InChI=1S/C8H7F5N2O/c1-3-4(14)2-5(16-8(11,12)13)15-6(3)7(9)10/h2,7H,1H3,(H2,14,15). The third-order valence-corrected chi connectivity index (χ3v) is 1.75. The molecular weight excluding hydrogens is 235 g/mol. The number of hydrogen-bond donors (Lipinski definition) is 1. The normalized spacial score (nSPS) is 11.9. The summed E-state index contributed by atoms with van der Waals surface area (Å²) in [6, 6.07) is 0.745. The number of pyridine rings is 1. The molecule has 0 spiro atoms. The zero-order valence-corrected chi connectivity index (χ0v) is 7.98. The molecule has 0 unspecified atom stereocenters. The first-order valence-corrected chi connectivity index (χ1v) is 4.01. The van der Waals surface area contributed by atoms with Crippen molar-refractivity contribution in [3.05, 3.63) is 17.3 Å². The monoisotopic (exact) mass is 242 g/mol. The topological polar surface area (TPSA) is 48.1 Å². The maximum atomic E-state index is 12.4. The van der Waals surface area contributed by atoms with Gasteiger partial charge in [-0.15, -0.1) is 13.2 Å². The molecule has 0 aliphatic heterocycles. The van der Waals surface area contributed by atoms with Gasteiger partial charge in [0.15, 0.2) is 0 Å². The van der Waals surface area contributed by atoms with Crippen LogP contribution in [0.5, 0.6) is 5.88 Å². The minimum Gasteiger partial charge on any atom is -0.398 e. The molecule has 2 N–H and O–H groups in total. The first-order chi connectivity index (χ1) is 7.20. The Kier molecular flexibility index (Phi) is 3.20. The molecule has 8 heteroatoms. The Bertz CT molecular complexity index is 391. The Labute approximate surface area is 87.0 Å². The SMILES string of the molecule is Cc1c(N)cc(OC(F)(F)F)nc1C(F)F. The van der Waals surface area contributed by atoms with Crippen molar-refractivity contribution in [1.29, 1.82) is 0 Å². The van der Waals surface area contributed by atoms with Crippen LogP contribution in [-0.2, 0) is 0 Å². The summed E-state index contributed by atoms with van der Waals surface area (Å²) in [6.45, 7) is 1.24. The Balaban J connectivity index is 3.14. The molecule has 0 atom stereocenters. The highest BCUT2D eigenvalue weighted by molar-refractivity contribution is 5.51. The number of nitrogens with zero attached hydrogens (tertiary/aromatic N) is 1. The molecule has 16 heavy (non-hydrogen) atoms. The van der Waals surface area contributed by atoms with Gasteiger partial charge in [-0.05, 0) is 12.5 Å². The molecule has 0 bridgehead atoms. The second-order valence-electron chi connectivity index (χ2n) is 2.91. The molecule has 0 aliphatic carbocycles. The molecule has 1 aromatic heterocycles. The van der Waals surface area contributed by atoms with Crippen molar-refractivity contribution >= 4 is 5.69 Å². The van der Waals surface area contributed by atoms with Gasteiger partial charge in [0.2, 0.25) is 5.88 Å². The predicted molar refractivity (Wildman–Crippen MR) is 45.0 cm³/mol. The smallest absolute Gasteiger partial charge is 0.398 e. The van der Waals surface area contributed by atoms with Crippen LogP contribution in [0.3, 0.4) is 0 Å². The summed E-state index contributed by atoms with van der Waals surface area (Å²) < 4.78 is 63.6. The van der Waals surface area contributed by atoms with Crippen LogP contribution in [0.15, 0.2) is 6.07 Å². The number of ether oxygens (including phenoxy) is 1. The highest BCUT2D eigenvalue weighted by atomic mass is 19.4. The summed E-state index contributed by atoms with van der Waals surface area (Å²) in [5.74, 6) is -0.995. The number of aromatic nitrogens is 1. The van der Waals surface area contributed by atoms with Crippen molar-refractivity contribution < 1.29 is 26.7 Å². The van der Waals surface area contributed by atoms with Gasteiger partial charge in [0.05, 0.1) is 0 Å². The van der Waals surface area contributed by atoms with Gasteiger partial charge in [-0.3, -0.25) is 0 Å². The number of rotatable bonds is 2. The molecule has 0 fully saturated rings. The Morgan fingerprint density at radius 2 is 1.94 bits per heavy atom. The molecule has 1 rings (SSSR count).